The zero-order valence-corrected chi connectivity index (χ0v) is 18.5. The van der Waals surface area contributed by atoms with Crippen LogP contribution in [-0.4, -0.2) is 25.2 Å². The summed E-state index contributed by atoms with van der Waals surface area (Å²) in [7, 11) is -3.59. The molecule has 2 aromatic carbocycles. The highest BCUT2D eigenvalue weighted by molar-refractivity contribution is 7.90. The number of hydrogen-bond donors (Lipinski definition) is 3. The van der Waals surface area contributed by atoms with Crippen molar-refractivity contribution in [3.8, 4) is 0 Å². The van der Waals surface area contributed by atoms with Crippen LogP contribution in [0.25, 0.3) is 10.9 Å². The molecule has 0 aliphatic carbocycles. The number of carbonyl (C=O) groups is 2. The average molecular weight is 466 g/mol. The van der Waals surface area contributed by atoms with Gasteiger partial charge >= 0.3 is 5.91 Å². The molecule has 0 aliphatic heterocycles. The number of carbonyl (C=O) groups excluding carboxylic acids is 2. The first-order chi connectivity index (χ1) is 15.9. The van der Waals surface area contributed by atoms with Gasteiger partial charge in [-0.15, -0.1) is 0 Å². The van der Waals surface area contributed by atoms with Crippen molar-refractivity contribution in [2.24, 2.45) is 0 Å². The Balaban J connectivity index is 1.24. The van der Waals surface area contributed by atoms with Crippen LogP contribution in [0, 0.1) is 0 Å². The van der Waals surface area contributed by atoms with E-state index < -0.39 is 15.7 Å². The van der Waals surface area contributed by atoms with Crippen molar-refractivity contribution < 1.29 is 22.4 Å². The normalized spacial score (nSPS) is 11.4. The van der Waals surface area contributed by atoms with Gasteiger partial charge in [-0.2, -0.15) is 0 Å². The van der Waals surface area contributed by atoms with E-state index in [2.05, 4.69) is 15.8 Å². The molecule has 0 atom stereocenters. The Labute approximate surface area is 190 Å². The summed E-state index contributed by atoms with van der Waals surface area (Å²) in [6, 6.07) is 18.8. The van der Waals surface area contributed by atoms with Gasteiger partial charge < -0.3 is 9.40 Å². The predicted molar refractivity (Wildman–Crippen MR) is 123 cm³/mol. The van der Waals surface area contributed by atoms with Crippen molar-refractivity contribution in [2.45, 2.75) is 29.9 Å². The van der Waals surface area contributed by atoms with E-state index in [1.54, 1.807) is 18.2 Å². The van der Waals surface area contributed by atoms with Gasteiger partial charge in [-0.1, -0.05) is 36.4 Å². The number of para-hydroxylation sites is 1. The summed E-state index contributed by atoms with van der Waals surface area (Å²) in [6.45, 7) is 0. The highest BCUT2D eigenvalue weighted by Crippen LogP contribution is 2.20. The van der Waals surface area contributed by atoms with Gasteiger partial charge in [0.05, 0.1) is 4.90 Å². The lowest BCUT2D eigenvalue weighted by molar-refractivity contribution is -0.121. The number of H-pyrrole nitrogens is 1. The molecule has 0 spiro atoms. The van der Waals surface area contributed by atoms with Crippen LogP contribution in [0.4, 0.5) is 0 Å². The Morgan fingerprint density at radius 1 is 0.909 bits per heavy atom. The molecule has 2 heterocycles. The highest BCUT2D eigenvalue weighted by Gasteiger charge is 2.19. The number of amides is 2. The molecule has 0 saturated heterocycles. The number of sulfone groups is 1. The number of rotatable bonds is 8. The molecule has 3 N–H and O–H groups in total. The summed E-state index contributed by atoms with van der Waals surface area (Å²) in [5.74, 6) is -1.32. The third-order valence-corrected chi connectivity index (χ3v) is 6.82. The summed E-state index contributed by atoms with van der Waals surface area (Å²) in [4.78, 5) is 27.7. The van der Waals surface area contributed by atoms with E-state index in [1.165, 1.54) is 24.3 Å². The molecule has 9 heteroatoms. The fraction of sp³-hybridized carbons (Fsp3) is 0.167. The molecular weight excluding hydrogens is 442 g/mol. The van der Waals surface area contributed by atoms with Gasteiger partial charge in [0.15, 0.2) is 15.6 Å². The molecule has 33 heavy (non-hydrogen) atoms. The molecule has 0 aliphatic rings. The van der Waals surface area contributed by atoms with Crippen LogP contribution in [0.15, 0.2) is 82.2 Å². The monoisotopic (exact) mass is 465 g/mol. The minimum atomic E-state index is -3.59. The number of fused-ring (bicyclic) bond motifs is 1. The van der Waals surface area contributed by atoms with Crippen molar-refractivity contribution in [1.82, 2.24) is 15.8 Å². The van der Waals surface area contributed by atoms with Crippen LogP contribution in [0.5, 0.6) is 0 Å². The number of benzene rings is 2. The van der Waals surface area contributed by atoms with Crippen LogP contribution in [0.3, 0.4) is 0 Å². The molecular formula is C24H23N3O5S. The Morgan fingerprint density at radius 3 is 2.48 bits per heavy atom. The van der Waals surface area contributed by atoms with Crippen molar-refractivity contribution >= 4 is 32.6 Å². The topological polar surface area (TPSA) is 121 Å². The largest absolute Gasteiger partial charge is 0.455 e. The quantitative estimate of drug-likeness (QED) is 0.344. The molecule has 2 amide bonds. The second kappa shape index (κ2) is 9.74. The number of furan rings is 1. The van der Waals surface area contributed by atoms with E-state index in [0.717, 1.165) is 22.9 Å². The molecule has 4 aromatic rings. The standard InChI is InChI=1S/C24H23N3O5S/c28-23(12-6-7-17-15-25-21-11-5-4-10-20(17)21)26-27-24(29)22-14-13-18(32-22)16-33(30,31)19-8-2-1-3-9-19/h1-5,8-11,13-15,25H,6-7,12,16H2,(H,26,28)(H,27,29). The van der Waals surface area contributed by atoms with E-state index >= 15 is 0 Å². The molecule has 0 radical (unpaired) electrons. The zero-order chi connectivity index (χ0) is 23.3. The van der Waals surface area contributed by atoms with Gasteiger partial charge in [-0.25, -0.2) is 8.42 Å². The summed E-state index contributed by atoms with van der Waals surface area (Å²) >= 11 is 0. The zero-order valence-electron chi connectivity index (χ0n) is 17.7. The number of aryl methyl sites for hydroxylation is 1. The van der Waals surface area contributed by atoms with Crippen molar-refractivity contribution in [3.63, 3.8) is 0 Å². The molecule has 0 bridgehead atoms. The Kier molecular flexibility index (Phi) is 6.60. The first kappa shape index (κ1) is 22.3. The molecule has 170 valence electrons. The maximum Gasteiger partial charge on any atom is 0.305 e. The maximum atomic E-state index is 12.4. The van der Waals surface area contributed by atoms with E-state index in [4.69, 9.17) is 4.42 Å². The Morgan fingerprint density at radius 2 is 1.67 bits per heavy atom. The third-order valence-electron chi connectivity index (χ3n) is 5.16. The lowest BCUT2D eigenvalue weighted by atomic mass is 10.1. The predicted octanol–water partition coefficient (Wildman–Crippen LogP) is 3.52. The van der Waals surface area contributed by atoms with E-state index in [1.807, 2.05) is 30.5 Å². The van der Waals surface area contributed by atoms with Crippen LogP contribution in [0.2, 0.25) is 0 Å². The van der Waals surface area contributed by atoms with Gasteiger partial charge in [0.1, 0.15) is 11.5 Å². The SMILES string of the molecule is O=C(CCCc1c[nH]c2ccccc12)NNC(=O)c1ccc(CS(=O)(=O)c2ccccc2)o1. The molecule has 0 unspecified atom stereocenters. The average Bonchev–Trinajstić information content (AvgIpc) is 3.45. The molecule has 4 rings (SSSR count). The summed E-state index contributed by atoms with van der Waals surface area (Å²) in [5.41, 5.74) is 6.84. The third kappa shape index (κ3) is 5.50. The lowest BCUT2D eigenvalue weighted by Crippen LogP contribution is -2.41. The van der Waals surface area contributed by atoms with Crippen LogP contribution >= 0.6 is 0 Å². The molecule has 8 nitrogen and oxygen atoms in total. The minimum Gasteiger partial charge on any atom is -0.455 e. The molecule has 0 saturated carbocycles. The van der Waals surface area contributed by atoms with Crippen LogP contribution in [0.1, 0.15) is 34.7 Å². The molecule has 0 fully saturated rings. The van der Waals surface area contributed by atoms with Crippen LogP contribution < -0.4 is 10.9 Å². The minimum absolute atomic E-state index is 0.0904. The summed E-state index contributed by atoms with van der Waals surface area (Å²) in [5, 5.41) is 1.13. The first-order valence-corrected chi connectivity index (χ1v) is 12.1. The number of aromatic amines is 1. The molecule has 2 aromatic heterocycles. The van der Waals surface area contributed by atoms with Gasteiger partial charge in [0, 0.05) is 23.5 Å². The van der Waals surface area contributed by atoms with Gasteiger partial charge in [0.25, 0.3) is 0 Å². The number of aromatic nitrogens is 1. The summed E-state index contributed by atoms with van der Waals surface area (Å²) in [6.07, 6.45) is 3.52. The lowest BCUT2D eigenvalue weighted by Gasteiger charge is -2.06. The maximum absolute atomic E-state index is 12.4. The summed E-state index contributed by atoms with van der Waals surface area (Å²) < 4.78 is 30.2. The van der Waals surface area contributed by atoms with E-state index in [-0.39, 0.29) is 34.5 Å². The van der Waals surface area contributed by atoms with Gasteiger partial charge in [-0.3, -0.25) is 20.4 Å². The van der Waals surface area contributed by atoms with Gasteiger partial charge in [0.2, 0.25) is 5.91 Å². The van der Waals surface area contributed by atoms with E-state index in [0.29, 0.717) is 6.42 Å². The van der Waals surface area contributed by atoms with Crippen molar-refractivity contribution in [3.05, 3.63) is 90.0 Å². The Bertz CT molecular complexity index is 1370. The highest BCUT2D eigenvalue weighted by atomic mass is 32.2. The van der Waals surface area contributed by atoms with Crippen molar-refractivity contribution in [2.75, 3.05) is 0 Å². The Hall–Kier alpha value is -3.85. The smallest absolute Gasteiger partial charge is 0.305 e. The van der Waals surface area contributed by atoms with Crippen molar-refractivity contribution in [1.29, 1.82) is 0 Å². The van der Waals surface area contributed by atoms with Crippen LogP contribution in [-0.2, 0) is 26.8 Å². The van der Waals surface area contributed by atoms with Gasteiger partial charge in [-0.05, 0) is 48.7 Å². The second-order valence-corrected chi connectivity index (χ2v) is 9.54. The first-order valence-electron chi connectivity index (χ1n) is 10.4. The van der Waals surface area contributed by atoms with E-state index in [9.17, 15) is 18.0 Å². The number of hydrazine groups is 1. The fourth-order valence-electron chi connectivity index (χ4n) is 3.50. The number of hydrogen-bond acceptors (Lipinski definition) is 5. The number of nitrogens with one attached hydrogen (secondary N) is 3. The second-order valence-electron chi connectivity index (χ2n) is 7.55. The fourth-order valence-corrected chi connectivity index (χ4v) is 4.77.